The van der Waals surface area contributed by atoms with Gasteiger partial charge < -0.3 is 14.6 Å². The molecule has 1 N–H and O–H groups in total. The second-order valence-electron chi connectivity index (χ2n) is 2.49. The van der Waals surface area contributed by atoms with Gasteiger partial charge in [0.15, 0.2) is 5.95 Å². The molecule has 1 aromatic heterocycles. The maximum Gasteiger partial charge on any atom is 0.173 e. The lowest BCUT2D eigenvalue weighted by atomic mass is 10.2. The van der Waals surface area contributed by atoms with Gasteiger partial charge in [0.1, 0.15) is 5.69 Å². The molecule has 0 spiro atoms. The molecule has 1 heterocycles. The Morgan fingerprint density at radius 2 is 2.23 bits per heavy atom. The summed E-state index contributed by atoms with van der Waals surface area (Å²) < 4.78 is 4.41. The van der Waals surface area contributed by atoms with Crippen molar-refractivity contribution in [1.29, 1.82) is 0 Å². The molecule has 66 valence electrons. The summed E-state index contributed by atoms with van der Waals surface area (Å²) in [4.78, 5) is 10.3. The van der Waals surface area contributed by atoms with Crippen LogP contribution in [-0.4, -0.2) is 5.11 Å². The van der Waals surface area contributed by atoms with E-state index in [4.69, 9.17) is 5.11 Å². The normalized spacial score (nSPS) is 10.5. The van der Waals surface area contributed by atoms with Crippen molar-refractivity contribution < 1.29 is 14.6 Å². The highest BCUT2D eigenvalue weighted by atomic mass is 16.5. The maximum absolute atomic E-state index is 11.0. The lowest BCUT2D eigenvalue weighted by Crippen LogP contribution is -1.84. The highest BCUT2D eigenvalue weighted by Crippen LogP contribution is 2.39. The first-order chi connectivity index (χ1) is 6.24. The molecular weight excluding hydrogens is 174 g/mol. The molecule has 0 aliphatic heterocycles. The molecule has 0 radical (unpaired) electrons. The molecule has 5 heteroatoms. The molecule has 0 aliphatic carbocycles. The molecular formula is C8H4NO4-. The van der Waals surface area contributed by atoms with Gasteiger partial charge in [0.25, 0.3) is 0 Å². The van der Waals surface area contributed by atoms with Crippen LogP contribution in [0, 0.1) is 4.91 Å². The predicted octanol–water partition coefficient (Wildman–Crippen LogP) is 1.61. The van der Waals surface area contributed by atoms with E-state index in [1.165, 1.54) is 18.2 Å². The van der Waals surface area contributed by atoms with E-state index in [1.54, 1.807) is 0 Å². The Labute approximate surface area is 72.2 Å². The van der Waals surface area contributed by atoms with Gasteiger partial charge in [-0.15, -0.1) is 4.91 Å². The number of hydrogen-bond acceptors (Lipinski definition) is 5. The Bertz CT molecular complexity index is 474. The van der Waals surface area contributed by atoms with Crippen LogP contribution in [0.1, 0.15) is 0 Å². The van der Waals surface area contributed by atoms with Crippen LogP contribution in [0.5, 0.6) is 11.9 Å². The zero-order valence-corrected chi connectivity index (χ0v) is 6.35. The fourth-order valence-electron chi connectivity index (χ4n) is 1.20. The van der Waals surface area contributed by atoms with Crippen molar-refractivity contribution in [2.24, 2.45) is 5.18 Å². The summed E-state index contributed by atoms with van der Waals surface area (Å²) >= 11 is 0. The van der Waals surface area contributed by atoms with Crippen LogP contribution < -0.4 is 5.11 Å². The van der Waals surface area contributed by atoms with Crippen LogP contribution in [0.25, 0.3) is 10.8 Å². The molecule has 0 bridgehead atoms. The third-order valence-corrected chi connectivity index (χ3v) is 1.76. The second-order valence-corrected chi connectivity index (χ2v) is 2.49. The molecule has 5 nitrogen and oxygen atoms in total. The summed E-state index contributed by atoms with van der Waals surface area (Å²) in [6, 6.07) is 4.34. The Morgan fingerprint density at radius 3 is 2.92 bits per heavy atom. The third-order valence-electron chi connectivity index (χ3n) is 1.76. The number of hydrogen-bond donors (Lipinski definition) is 1. The zero-order chi connectivity index (χ0) is 9.42. The standard InChI is InChI=1S/C8H5NO4/c10-7-4-2-1-3-5(9-12)6(4)8(11)13-7/h1-3,10-11H/p-1. The number of rotatable bonds is 1. The number of nitrogens with zero attached hydrogens (tertiary/aromatic N) is 1. The van der Waals surface area contributed by atoms with Crippen LogP contribution in [-0.2, 0) is 0 Å². The van der Waals surface area contributed by atoms with Gasteiger partial charge in [0.05, 0.1) is 11.3 Å². The zero-order valence-electron chi connectivity index (χ0n) is 6.35. The highest BCUT2D eigenvalue weighted by Gasteiger charge is 2.08. The average Bonchev–Trinajstić information content (AvgIpc) is 2.43. The molecule has 0 amide bonds. The molecule has 0 unspecified atom stereocenters. The van der Waals surface area contributed by atoms with E-state index in [0.29, 0.717) is 0 Å². The Morgan fingerprint density at radius 1 is 1.46 bits per heavy atom. The Hall–Kier alpha value is -2.04. The molecule has 13 heavy (non-hydrogen) atoms. The number of benzene rings is 1. The number of aromatic hydroxyl groups is 1. The monoisotopic (exact) mass is 178 g/mol. The first-order valence-electron chi connectivity index (χ1n) is 3.49. The number of nitroso groups, excluding NO2 is 1. The molecule has 0 fully saturated rings. The van der Waals surface area contributed by atoms with Crippen molar-refractivity contribution in [2.75, 3.05) is 0 Å². The van der Waals surface area contributed by atoms with Crippen molar-refractivity contribution in [2.45, 2.75) is 0 Å². The van der Waals surface area contributed by atoms with Gasteiger partial charge in [0, 0.05) is 5.39 Å². The third kappa shape index (κ3) is 0.936. The van der Waals surface area contributed by atoms with Gasteiger partial charge in [-0.3, -0.25) is 0 Å². The maximum atomic E-state index is 11.0. The van der Waals surface area contributed by atoms with E-state index in [1.807, 2.05) is 0 Å². The van der Waals surface area contributed by atoms with Crippen molar-refractivity contribution in [3.8, 4) is 11.9 Å². The molecule has 1 aromatic carbocycles. The van der Waals surface area contributed by atoms with Crippen LogP contribution in [0.2, 0.25) is 0 Å². The van der Waals surface area contributed by atoms with E-state index >= 15 is 0 Å². The largest absolute Gasteiger partial charge is 0.552 e. The fraction of sp³-hybridized carbons (Fsp3) is 0. The molecule has 2 rings (SSSR count). The number of fused-ring (bicyclic) bond motifs is 1. The van der Waals surface area contributed by atoms with Gasteiger partial charge >= 0.3 is 0 Å². The SMILES string of the molecule is O=Nc1cccc2c([O-])oc(O)c12. The molecule has 0 atom stereocenters. The first kappa shape index (κ1) is 7.60. The van der Waals surface area contributed by atoms with Crippen LogP contribution >= 0.6 is 0 Å². The van der Waals surface area contributed by atoms with Gasteiger partial charge in [-0.2, -0.15) is 0 Å². The molecule has 0 aliphatic rings. The van der Waals surface area contributed by atoms with Crippen molar-refractivity contribution in [3.63, 3.8) is 0 Å². The Kier molecular flexibility index (Phi) is 1.45. The second kappa shape index (κ2) is 2.48. The lowest BCUT2D eigenvalue weighted by molar-refractivity contribution is -0.292. The fourth-order valence-corrected chi connectivity index (χ4v) is 1.20. The summed E-state index contributed by atoms with van der Waals surface area (Å²) in [5, 5.41) is 23.0. The number of furan rings is 1. The molecule has 0 saturated heterocycles. The van der Waals surface area contributed by atoms with E-state index in [2.05, 4.69) is 9.59 Å². The van der Waals surface area contributed by atoms with Gasteiger partial charge in [-0.25, -0.2) is 0 Å². The van der Waals surface area contributed by atoms with E-state index < -0.39 is 11.9 Å². The van der Waals surface area contributed by atoms with Crippen molar-refractivity contribution in [3.05, 3.63) is 23.1 Å². The van der Waals surface area contributed by atoms with Crippen LogP contribution in [0.4, 0.5) is 5.69 Å². The van der Waals surface area contributed by atoms with E-state index in [9.17, 15) is 10.0 Å². The summed E-state index contributed by atoms with van der Waals surface area (Å²) in [5.74, 6) is -1.23. The summed E-state index contributed by atoms with van der Waals surface area (Å²) in [6.07, 6.45) is 0. The van der Waals surface area contributed by atoms with Crippen LogP contribution in [0.15, 0.2) is 27.8 Å². The topological polar surface area (TPSA) is 85.9 Å². The smallest absolute Gasteiger partial charge is 0.173 e. The van der Waals surface area contributed by atoms with Crippen molar-refractivity contribution in [1.82, 2.24) is 0 Å². The van der Waals surface area contributed by atoms with E-state index in [0.717, 1.165) is 0 Å². The minimum absolute atomic E-state index is 0.000787. The summed E-state index contributed by atoms with van der Waals surface area (Å²) in [6.45, 7) is 0. The summed E-state index contributed by atoms with van der Waals surface area (Å²) in [5.41, 5.74) is 0.000787. The lowest BCUT2D eigenvalue weighted by Gasteiger charge is -1.94. The van der Waals surface area contributed by atoms with E-state index in [-0.39, 0.29) is 16.5 Å². The van der Waals surface area contributed by atoms with Gasteiger partial charge in [0.2, 0.25) is 0 Å². The van der Waals surface area contributed by atoms with Gasteiger partial charge in [-0.1, -0.05) is 12.1 Å². The van der Waals surface area contributed by atoms with Gasteiger partial charge in [-0.05, 0) is 11.2 Å². The van der Waals surface area contributed by atoms with Crippen LogP contribution in [0.3, 0.4) is 0 Å². The van der Waals surface area contributed by atoms with Crippen molar-refractivity contribution >= 4 is 16.5 Å². The predicted molar refractivity (Wildman–Crippen MR) is 42.8 cm³/mol. The first-order valence-corrected chi connectivity index (χ1v) is 3.49. The summed E-state index contributed by atoms with van der Waals surface area (Å²) in [7, 11) is 0. The quantitative estimate of drug-likeness (QED) is 0.672. The minimum Gasteiger partial charge on any atom is -0.552 e. The average molecular weight is 178 g/mol. The minimum atomic E-state index is -0.669. The molecule has 0 saturated carbocycles. The highest BCUT2D eigenvalue weighted by molar-refractivity contribution is 5.98. The molecule has 2 aromatic rings. The Balaban J connectivity index is 2.96.